The summed E-state index contributed by atoms with van der Waals surface area (Å²) in [6.07, 6.45) is 3.33. The molecule has 1 aliphatic heterocycles. The first-order valence-corrected chi connectivity index (χ1v) is 8.55. The van der Waals surface area contributed by atoms with Crippen LogP contribution in [0.15, 0.2) is 47.3 Å². The third-order valence-corrected chi connectivity index (χ3v) is 4.98. The lowest BCUT2D eigenvalue weighted by molar-refractivity contribution is 0.357. The molecule has 0 amide bonds. The Morgan fingerprint density at radius 1 is 1.17 bits per heavy atom. The predicted molar refractivity (Wildman–Crippen MR) is 93.4 cm³/mol. The maximum Gasteiger partial charge on any atom is 0.348 e. The van der Waals surface area contributed by atoms with Crippen LogP contribution in [0.2, 0.25) is 0 Å². The van der Waals surface area contributed by atoms with E-state index in [1.165, 1.54) is 18.4 Å². The zero-order chi connectivity index (χ0) is 16.1. The summed E-state index contributed by atoms with van der Waals surface area (Å²) < 4.78 is 7.60. The number of hydrogen-bond donors (Lipinski definition) is 0. The van der Waals surface area contributed by atoms with E-state index in [-0.39, 0.29) is 5.69 Å². The van der Waals surface area contributed by atoms with Gasteiger partial charge in [0.15, 0.2) is 0 Å². The number of aromatic nitrogens is 2. The van der Waals surface area contributed by atoms with E-state index in [0.29, 0.717) is 12.5 Å². The first-order valence-electron chi connectivity index (χ1n) is 8.55. The molecule has 2 heterocycles. The third-order valence-electron chi connectivity index (χ3n) is 4.98. The molecule has 0 radical (unpaired) electrons. The van der Waals surface area contributed by atoms with Gasteiger partial charge in [-0.1, -0.05) is 30.3 Å². The van der Waals surface area contributed by atoms with Crippen LogP contribution in [0.4, 0.5) is 0 Å². The third kappa shape index (κ3) is 2.21. The van der Waals surface area contributed by atoms with Crippen molar-refractivity contribution in [2.75, 3.05) is 6.61 Å². The summed E-state index contributed by atoms with van der Waals surface area (Å²) >= 11 is 0. The van der Waals surface area contributed by atoms with Gasteiger partial charge in [-0.05, 0) is 36.5 Å². The summed E-state index contributed by atoms with van der Waals surface area (Å²) in [5.41, 5.74) is 3.76. The standard InChI is InChI=1S/C20H18N2O2/c23-20-21-19(14-4-2-1-3-5-14)16-11-18-15(8-9-24-18)10-17(16)22(20)12-13-6-7-13/h1-5,10-11,13H,6-9,12H2. The molecule has 2 aliphatic rings. The Morgan fingerprint density at radius 2 is 2.00 bits per heavy atom. The second-order valence-electron chi connectivity index (χ2n) is 6.74. The molecule has 24 heavy (non-hydrogen) atoms. The zero-order valence-electron chi connectivity index (χ0n) is 13.4. The number of nitrogens with zero attached hydrogens (tertiary/aromatic N) is 2. The van der Waals surface area contributed by atoms with Crippen LogP contribution in [0, 0.1) is 5.92 Å². The Balaban J connectivity index is 1.82. The Hall–Kier alpha value is -2.62. The van der Waals surface area contributed by atoms with Crippen molar-refractivity contribution < 1.29 is 4.74 Å². The minimum atomic E-state index is -0.146. The van der Waals surface area contributed by atoms with Crippen molar-refractivity contribution in [2.45, 2.75) is 25.8 Å². The highest BCUT2D eigenvalue weighted by atomic mass is 16.5. The van der Waals surface area contributed by atoms with E-state index in [9.17, 15) is 4.79 Å². The minimum absolute atomic E-state index is 0.146. The van der Waals surface area contributed by atoms with Crippen LogP contribution in [0.3, 0.4) is 0 Å². The van der Waals surface area contributed by atoms with E-state index >= 15 is 0 Å². The fraction of sp³-hybridized carbons (Fsp3) is 0.300. The fourth-order valence-electron chi connectivity index (χ4n) is 3.50. The summed E-state index contributed by atoms with van der Waals surface area (Å²) in [6.45, 7) is 1.49. The Kier molecular flexibility index (Phi) is 2.98. The molecular formula is C20H18N2O2. The maximum absolute atomic E-state index is 12.7. The van der Waals surface area contributed by atoms with Crippen LogP contribution in [0.25, 0.3) is 22.2 Å². The molecule has 1 fully saturated rings. The topological polar surface area (TPSA) is 44.1 Å². The summed E-state index contributed by atoms with van der Waals surface area (Å²) in [7, 11) is 0. The molecule has 0 spiro atoms. The van der Waals surface area contributed by atoms with Gasteiger partial charge in [0.1, 0.15) is 5.75 Å². The van der Waals surface area contributed by atoms with E-state index in [1.807, 2.05) is 34.9 Å². The van der Waals surface area contributed by atoms with Gasteiger partial charge in [-0.15, -0.1) is 0 Å². The van der Waals surface area contributed by atoms with Gasteiger partial charge in [-0.3, -0.25) is 4.57 Å². The lowest BCUT2D eigenvalue weighted by atomic mass is 10.0. The molecule has 1 aromatic heterocycles. The first kappa shape index (κ1) is 13.8. The van der Waals surface area contributed by atoms with Crippen molar-refractivity contribution in [3.05, 3.63) is 58.5 Å². The normalized spacial score (nSPS) is 16.2. The van der Waals surface area contributed by atoms with Crippen LogP contribution in [-0.4, -0.2) is 16.2 Å². The summed E-state index contributed by atoms with van der Waals surface area (Å²) in [4.78, 5) is 17.1. The maximum atomic E-state index is 12.7. The fourth-order valence-corrected chi connectivity index (χ4v) is 3.50. The van der Waals surface area contributed by atoms with Crippen molar-refractivity contribution in [1.82, 2.24) is 9.55 Å². The number of rotatable bonds is 3. The van der Waals surface area contributed by atoms with Crippen molar-refractivity contribution in [1.29, 1.82) is 0 Å². The summed E-state index contributed by atoms with van der Waals surface area (Å²) in [5, 5.41) is 1.00. The lowest BCUT2D eigenvalue weighted by Crippen LogP contribution is -2.25. The second kappa shape index (κ2) is 5.20. The highest BCUT2D eigenvalue weighted by molar-refractivity contribution is 5.94. The number of hydrogen-bond acceptors (Lipinski definition) is 3. The first-order chi connectivity index (χ1) is 11.8. The zero-order valence-corrected chi connectivity index (χ0v) is 13.4. The van der Waals surface area contributed by atoms with E-state index in [4.69, 9.17) is 4.74 Å². The lowest BCUT2D eigenvalue weighted by Gasteiger charge is -2.14. The predicted octanol–water partition coefficient (Wildman–Crippen LogP) is 3.41. The van der Waals surface area contributed by atoms with Crippen molar-refractivity contribution >= 4 is 10.9 Å². The summed E-state index contributed by atoms with van der Waals surface area (Å²) in [5.74, 6) is 1.55. The molecule has 0 N–H and O–H groups in total. The van der Waals surface area contributed by atoms with E-state index in [0.717, 1.165) is 40.9 Å². The highest BCUT2D eigenvalue weighted by Crippen LogP contribution is 2.36. The van der Waals surface area contributed by atoms with Crippen LogP contribution < -0.4 is 10.4 Å². The molecule has 0 saturated heterocycles. The van der Waals surface area contributed by atoms with Gasteiger partial charge in [0, 0.05) is 23.9 Å². The van der Waals surface area contributed by atoms with E-state index in [2.05, 4.69) is 17.1 Å². The van der Waals surface area contributed by atoms with Crippen molar-refractivity contribution in [3.63, 3.8) is 0 Å². The average molecular weight is 318 g/mol. The molecule has 4 heteroatoms. The van der Waals surface area contributed by atoms with E-state index in [1.54, 1.807) is 0 Å². The molecule has 120 valence electrons. The molecule has 1 saturated carbocycles. The number of benzene rings is 2. The molecule has 5 rings (SSSR count). The van der Waals surface area contributed by atoms with Crippen LogP contribution in [-0.2, 0) is 13.0 Å². The Morgan fingerprint density at radius 3 is 2.79 bits per heavy atom. The highest BCUT2D eigenvalue weighted by Gasteiger charge is 2.25. The van der Waals surface area contributed by atoms with Gasteiger partial charge < -0.3 is 4.74 Å². The van der Waals surface area contributed by atoms with E-state index < -0.39 is 0 Å². The SMILES string of the molecule is O=c1nc(-c2ccccc2)c2cc3c(cc2n1CC1CC1)CCO3. The van der Waals surface area contributed by atoms with Gasteiger partial charge in [-0.2, -0.15) is 4.98 Å². The molecule has 0 unspecified atom stereocenters. The largest absolute Gasteiger partial charge is 0.493 e. The molecule has 4 nitrogen and oxygen atoms in total. The average Bonchev–Trinajstić information content (AvgIpc) is 3.32. The molecule has 3 aromatic rings. The van der Waals surface area contributed by atoms with Crippen molar-refractivity contribution in [3.8, 4) is 17.0 Å². The van der Waals surface area contributed by atoms with Gasteiger partial charge in [0.05, 0.1) is 17.8 Å². The number of ether oxygens (including phenoxy) is 1. The minimum Gasteiger partial charge on any atom is -0.493 e. The van der Waals surface area contributed by atoms with Crippen LogP contribution in [0.1, 0.15) is 18.4 Å². The molecule has 0 bridgehead atoms. The quantitative estimate of drug-likeness (QED) is 0.743. The molecule has 0 atom stereocenters. The van der Waals surface area contributed by atoms with Gasteiger partial charge >= 0.3 is 5.69 Å². The molecule has 2 aromatic carbocycles. The summed E-state index contributed by atoms with van der Waals surface area (Å²) in [6, 6.07) is 14.1. The van der Waals surface area contributed by atoms with Gasteiger partial charge in [0.2, 0.25) is 0 Å². The molecule has 1 aliphatic carbocycles. The molecular weight excluding hydrogens is 300 g/mol. The Labute approximate surface area is 139 Å². The van der Waals surface area contributed by atoms with Crippen molar-refractivity contribution in [2.24, 2.45) is 5.92 Å². The van der Waals surface area contributed by atoms with Gasteiger partial charge in [-0.25, -0.2) is 4.79 Å². The van der Waals surface area contributed by atoms with Crippen LogP contribution in [0.5, 0.6) is 5.75 Å². The smallest absolute Gasteiger partial charge is 0.348 e. The second-order valence-corrected chi connectivity index (χ2v) is 6.74. The monoisotopic (exact) mass is 318 g/mol. The van der Waals surface area contributed by atoms with Gasteiger partial charge in [0.25, 0.3) is 0 Å². The number of fused-ring (bicyclic) bond motifs is 2. The van der Waals surface area contributed by atoms with Crippen LogP contribution >= 0.6 is 0 Å². The Bertz CT molecular complexity index is 988.